The molecule has 0 saturated carbocycles. The molecule has 6 heteroatoms. The Hall–Kier alpha value is -1.27. The van der Waals surface area contributed by atoms with Crippen LogP contribution in [0.5, 0.6) is 0 Å². The third kappa shape index (κ3) is 2.21. The van der Waals surface area contributed by atoms with Crippen LogP contribution in [-0.2, 0) is 0 Å². The molecule has 0 bridgehead atoms. The van der Waals surface area contributed by atoms with Crippen LogP contribution < -0.4 is 5.73 Å². The summed E-state index contributed by atoms with van der Waals surface area (Å²) in [6, 6.07) is 1.61. The number of nitrogens with zero attached hydrogens (tertiary/aromatic N) is 3. The van der Waals surface area contributed by atoms with Gasteiger partial charge in [-0.05, 0) is 28.9 Å². The Bertz CT molecular complexity index is 469. The molecule has 0 radical (unpaired) electrons. The molecule has 78 valence electrons. The molecule has 0 unspecified atom stereocenters. The summed E-state index contributed by atoms with van der Waals surface area (Å²) in [6.07, 6.45) is 3.36. The van der Waals surface area contributed by atoms with E-state index in [9.17, 15) is 0 Å². The average Bonchev–Trinajstić information content (AvgIpc) is 2.66. The van der Waals surface area contributed by atoms with Crippen molar-refractivity contribution in [1.82, 2.24) is 15.1 Å². The molecular formula is C9H9BrN4O. The zero-order valence-corrected chi connectivity index (χ0v) is 9.60. The molecule has 0 aliphatic heterocycles. The highest BCUT2D eigenvalue weighted by atomic mass is 79.9. The molecule has 2 rings (SSSR count). The molecule has 0 aliphatic carbocycles. The molecule has 2 aromatic rings. The lowest BCUT2D eigenvalue weighted by molar-refractivity contribution is 0.362. The zero-order chi connectivity index (χ0) is 10.8. The van der Waals surface area contributed by atoms with E-state index < -0.39 is 0 Å². The van der Waals surface area contributed by atoms with Crippen LogP contribution in [-0.4, -0.2) is 15.1 Å². The van der Waals surface area contributed by atoms with Crippen LogP contribution in [0.2, 0.25) is 0 Å². The van der Waals surface area contributed by atoms with Gasteiger partial charge in [-0.2, -0.15) is 4.98 Å². The number of aromatic nitrogens is 3. The molecule has 0 aromatic carbocycles. The summed E-state index contributed by atoms with van der Waals surface area (Å²) in [6.45, 7) is 1.79. The first kappa shape index (κ1) is 10.3. The Labute approximate surface area is 94.8 Å². The van der Waals surface area contributed by atoms with Crippen molar-refractivity contribution in [3.8, 4) is 11.4 Å². The Kier molecular flexibility index (Phi) is 2.79. The van der Waals surface area contributed by atoms with Crippen molar-refractivity contribution in [3.05, 3.63) is 28.8 Å². The molecule has 0 spiro atoms. The number of rotatable bonds is 2. The van der Waals surface area contributed by atoms with E-state index in [4.69, 9.17) is 10.3 Å². The number of nitrogens with two attached hydrogens (primary N) is 1. The maximum absolute atomic E-state index is 5.61. The van der Waals surface area contributed by atoms with E-state index in [1.54, 1.807) is 19.3 Å². The summed E-state index contributed by atoms with van der Waals surface area (Å²) < 4.78 is 5.86. The van der Waals surface area contributed by atoms with Gasteiger partial charge in [0.2, 0.25) is 11.7 Å². The predicted molar refractivity (Wildman–Crippen MR) is 57.8 cm³/mol. The highest BCUT2D eigenvalue weighted by Gasteiger charge is 2.11. The van der Waals surface area contributed by atoms with Gasteiger partial charge in [-0.3, -0.25) is 4.98 Å². The fourth-order valence-corrected chi connectivity index (χ4v) is 1.44. The number of hydrogen-bond acceptors (Lipinski definition) is 5. The van der Waals surface area contributed by atoms with E-state index >= 15 is 0 Å². The fraction of sp³-hybridized carbons (Fsp3) is 0.222. The first-order chi connectivity index (χ1) is 7.16. The second-order valence-electron chi connectivity index (χ2n) is 3.14. The number of hydrogen-bond donors (Lipinski definition) is 1. The Morgan fingerprint density at radius 2 is 2.27 bits per heavy atom. The first-order valence-corrected chi connectivity index (χ1v) is 5.16. The van der Waals surface area contributed by atoms with Crippen molar-refractivity contribution in [2.45, 2.75) is 13.0 Å². The fourth-order valence-electron chi connectivity index (χ4n) is 1.07. The minimum absolute atomic E-state index is 0.258. The molecule has 15 heavy (non-hydrogen) atoms. The lowest BCUT2D eigenvalue weighted by Gasteiger charge is -1.94. The van der Waals surface area contributed by atoms with Crippen LogP contribution in [0.15, 0.2) is 27.5 Å². The van der Waals surface area contributed by atoms with Crippen molar-refractivity contribution >= 4 is 15.9 Å². The van der Waals surface area contributed by atoms with E-state index in [0.29, 0.717) is 11.7 Å². The van der Waals surface area contributed by atoms with Crippen molar-refractivity contribution in [3.63, 3.8) is 0 Å². The molecule has 2 aromatic heterocycles. The Balaban J connectivity index is 2.37. The topological polar surface area (TPSA) is 77.8 Å². The maximum atomic E-state index is 5.61. The van der Waals surface area contributed by atoms with Gasteiger partial charge in [0.25, 0.3) is 0 Å². The second kappa shape index (κ2) is 4.08. The quantitative estimate of drug-likeness (QED) is 0.901. The van der Waals surface area contributed by atoms with Crippen LogP contribution in [0.1, 0.15) is 18.9 Å². The summed E-state index contributed by atoms with van der Waals surface area (Å²) in [4.78, 5) is 8.17. The van der Waals surface area contributed by atoms with Gasteiger partial charge >= 0.3 is 0 Å². The standard InChI is InChI=1S/C9H9BrN4O/c1-5(11)9-13-8(14-15-9)6-2-7(10)4-12-3-6/h2-5H,11H2,1H3/t5-/m0/s1. The lowest BCUT2D eigenvalue weighted by Crippen LogP contribution is -2.04. The van der Waals surface area contributed by atoms with Gasteiger partial charge in [-0.25, -0.2) is 0 Å². The van der Waals surface area contributed by atoms with E-state index in [1.807, 2.05) is 6.07 Å². The van der Waals surface area contributed by atoms with Crippen LogP contribution >= 0.6 is 15.9 Å². The van der Waals surface area contributed by atoms with E-state index in [1.165, 1.54) is 0 Å². The summed E-state index contributed by atoms with van der Waals surface area (Å²) in [5, 5.41) is 3.82. The van der Waals surface area contributed by atoms with Gasteiger partial charge in [-0.1, -0.05) is 5.16 Å². The molecule has 2 N–H and O–H groups in total. The minimum Gasteiger partial charge on any atom is -0.337 e. The normalized spacial score (nSPS) is 12.7. The number of pyridine rings is 1. The highest BCUT2D eigenvalue weighted by molar-refractivity contribution is 9.10. The minimum atomic E-state index is -0.258. The smallest absolute Gasteiger partial charge is 0.243 e. The van der Waals surface area contributed by atoms with Crippen LogP contribution in [0.25, 0.3) is 11.4 Å². The summed E-state index contributed by atoms with van der Waals surface area (Å²) >= 11 is 3.32. The molecular weight excluding hydrogens is 260 g/mol. The van der Waals surface area contributed by atoms with Gasteiger partial charge in [0, 0.05) is 22.4 Å². The first-order valence-electron chi connectivity index (χ1n) is 4.37. The van der Waals surface area contributed by atoms with Crippen LogP contribution in [0.4, 0.5) is 0 Å². The average molecular weight is 269 g/mol. The summed E-state index contributed by atoms with van der Waals surface area (Å²) in [7, 11) is 0. The lowest BCUT2D eigenvalue weighted by atomic mass is 10.3. The van der Waals surface area contributed by atoms with Gasteiger partial charge in [0.05, 0.1) is 6.04 Å². The maximum Gasteiger partial charge on any atom is 0.243 e. The molecule has 5 nitrogen and oxygen atoms in total. The van der Waals surface area contributed by atoms with E-state index in [0.717, 1.165) is 10.0 Å². The molecule has 0 saturated heterocycles. The monoisotopic (exact) mass is 268 g/mol. The van der Waals surface area contributed by atoms with Gasteiger partial charge in [-0.15, -0.1) is 0 Å². The Morgan fingerprint density at radius 1 is 1.47 bits per heavy atom. The van der Waals surface area contributed by atoms with Crippen molar-refractivity contribution < 1.29 is 4.52 Å². The molecule has 0 amide bonds. The third-order valence-corrected chi connectivity index (χ3v) is 2.23. The summed E-state index contributed by atoms with van der Waals surface area (Å²) in [5.74, 6) is 0.918. The summed E-state index contributed by atoms with van der Waals surface area (Å²) in [5.41, 5.74) is 6.41. The largest absolute Gasteiger partial charge is 0.337 e. The van der Waals surface area contributed by atoms with Crippen molar-refractivity contribution in [2.75, 3.05) is 0 Å². The van der Waals surface area contributed by atoms with Crippen LogP contribution in [0, 0.1) is 0 Å². The third-order valence-electron chi connectivity index (χ3n) is 1.79. The molecule has 1 atom stereocenters. The van der Waals surface area contributed by atoms with Crippen molar-refractivity contribution in [1.29, 1.82) is 0 Å². The van der Waals surface area contributed by atoms with Gasteiger partial charge in [0.1, 0.15) is 0 Å². The van der Waals surface area contributed by atoms with Gasteiger partial charge < -0.3 is 10.3 Å². The zero-order valence-electron chi connectivity index (χ0n) is 8.01. The van der Waals surface area contributed by atoms with E-state index in [2.05, 4.69) is 31.1 Å². The highest BCUT2D eigenvalue weighted by Crippen LogP contribution is 2.19. The predicted octanol–water partition coefficient (Wildman–Crippen LogP) is 1.91. The van der Waals surface area contributed by atoms with Crippen LogP contribution in [0.3, 0.4) is 0 Å². The number of halogens is 1. The van der Waals surface area contributed by atoms with E-state index in [-0.39, 0.29) is 6.04 Å². The molecule has 0 aliphatic rings. The van der Waals surface area contributed by atoms with Crippen molar-refractivity contribution in [2.24, 2.45) is 5.73 Å². The Morgan fingerprint density at radius 3 is 2.87 bits per heavy atom. The second-order valence-corrected chi connectivity index (χ2v) is 4.05. The SMILES string of the molecule is C[C@H](N)c1nc(-c2cncc(Br)c2)no1. The van der Waals surface area contributed by atoms with Gasteiger partial charge in [0.15, 0.2) is 0 Å². The molecule has 0 fully saturated rings. The molecule has 2 heterocycles.